The lowest BCUT2D eigenvalue weighted by atomic mass is 9.56. The molecule has 0 saturated heterocycles. The van der Waals surface area contributed by atoms with Crippen LogP contribution in [0.5, 0.6) is 0 Å². The smallest absolute Gasteiger partial charge is 0.00667 e. The highest BCUT2D eigenvalue weighted by molar-refractivity contribution is 5.47. The van der Waals surface area contributed by atoms with Crippen LogP contribution >= 0.6 is 0 Å². The van der Waals surface area contributed by atoms with Crippen molar-refractivity contribution in [2.24, 2.45) is 17.3 Å². The number of hydrogen-bond donors (Lipinski definition) is 0. The quantitative estimate of drug-likeness (QED) is 0.458. The van der Waals surface area contributed by atoms with Crippen molar-refractivity contribution in [2.75, 3.05) is 0 Å². The number of rotatable bonds is 6. The monoisotopic (exact) mass is 362 g/mol. The first-order chi connectivity index (χ1) is 12.9. The van der Waals surface area contributed by atoms with E-state index in [1.807, 2.05) is 0 Å². The molecule has 1 aromatic rings. The largest absolute Gasteiger partial charge is 0.0995 e. The summed E-state index contributed by atoms with van der Waals surface area (Å²) in [5, 5.41) is 0. The minimum Gasteiger partial charge on any atom is -0.0995 e. The molecule has 1 aromatic carbocycles. The third-order valence-corrected chi connectivity index (χ3v) is 7.43. The molecule has 0 N–H and O–H groups in total. The molecule has 0 bridgehead atoms. The standard InChI is InChI=1S/C27H38/c1-6-7-21-15-22(13-19(3)12-20-9-10-20)26-23(16-21)17-27(4,5)25-11-8-18(2)14-24(25)26/h8,15-16,20,24-25H,3,6-7,9-14,17H2,1-2,4-5H3. The molecule has 1 fully saturated rings. The maximum Gasteiger partial charge on any atom is -0.00667 e. The third-order valence-electron chi connectivity index (χ3n) is 7.43. The van der Waals surface area contributed by atoms with E-state index in [9.17, 15) is 0 Å². The van der Waals surface area contributed by atoms with Gasteiger partial charge in [0.05, 0.1) is 0 Å². The molecule has 3 aliphatic carbocycles. The average molecular weight is 363 g/mol. The van der Waals surface area contributed by atoms with Crippen LogP contribution in [0.3, 0.4) is 0 Å². The average Bonchev–Trinajstić information content (AvgIpc) is 3.37. The topological polar surface area (TPSA) is 0 Å². The van der Waals surface area contributed by atoms with Crippen molar-refractivity contribution < 1.29 is 0 Å². The molecule has 146 valence electrons. The van der Waals surface area contributed by atoms with Crippen molar-refractivity contribution in [1.29, 1.82) is 0 Å². The predicted molar refractivity (Wildman–Crippen MR) is 117 cm³/mol. The van der Waals surface area contributed by atoms with Gasteiger partial charge in [0.1, 0.15) is 0 Å². The van der Waals surface area contributed by atoms with Crippen molar-refractivity contribution in [2.45, 2.75) is 91.4 Å². The number of benzene rings is 1. The van der Waals surface area contributed by atoms with E-state index in [1.54, 1.807) is 27.8 Å². The van der Waals surface area contributed by atoms with Gasteiger partial charge in [-0.25, -0.2) is 0 Å². The first-order valence-corrected chi connectivity index (χ1v) is 11.3. The maximum atomic E-state index is 4.49. The molecule has 0 spiro atoms. The lowest BCUT2D eigenvalue weighted by Crippen LogP contribution is -2.38. The summed E-state index contributed by atoms with van der Waals surface area (Å²) in [4.78, 5) is 0. The fraction of sp³-hybridized carbons (Fsp3) is 0.630. The minimum atomic E-state index is 0.405. The molecule has 0 amide bonds. The van der Waals surface area contributed by atoms with Gasteiger partial charge in [-0.05, 0) is 104 Å². The van der Waals surface area contributed by atoms with Gasteiger partial charge in [0.25, 0.3) is 0 Å². The van der Waals surface area contributed by atoms with Crippen LogP contribution < -0.4 is 0 Å². The molecule has 0 radical (unpaired) electrons. The maximum absolute atomic E-state index is 4.49. The summed E-state index contributed by atoms with van der Waals surface area (Å²) in [6, 6.07) is 5.13. The van der Waals surface area contributed by atoms with Gasteiger partial charge >= 0.3 is 0 Å². The van der Waals surface area contributed by atoms with E-state index >= 15 is 0 Å². The van der Waals surface area contributed by atoms with E-state index in [-0.39, 0.29) is 0 Å². The first kappa shape index (κ1) is 19.0. The molecular weight excluding hydrogens is 324 g/mol. The second kappa shape index (κ2) is 7.26. The molecule has 0 aliphatic heterocycles. The van der Waals surface area contributed by atoms with Crippen LogP contribution in [0.25, 0.3) is 0 Å². The molecule has 27 heavy (non-hydrogen) atoms. The zero-order valence-corrected chi connectivity index (χ0v) is 18.0. The highest BCUT2D eigenvalue weighted by atomic mass is 14.5. The van der Waals surface area contributed by atoms with E-state index in [0.717, 1.165) is 18.3 Å². The van der Waals surface area contributed by atoms with Gasteiger partial charge in [-0.2, -0.15) is 0 Å². The Hall–Kier alpha value is -1.30. The van der Waals surface area contributed by atoms with Crippen LogP contribution in [-0.4, -0.2) is 0 Å². The normalized spacial score (nSPS) is 26.1. The molecule has 0 nitrogen and oxygen atoms in total. The molecule has 1 saturated carbocycles. The van der Waals surface area contributed by atoms with Gasteiger partial charge < -0.3 is 0 Å². The molecule has 2 atom stereocenters. The Morgan fingerprint density at radius 1 is 1.22 bits per heavy atom. The fourth-order valence-corrected chi connectivity index (χ4v) is 5.98. The Labute approximate surface area is 167 Å². The van der Waals surface area contributed by atoms with E-state index in [0.29, 0.717) is 11.3 Å². The lowest BCUT2D eigenvalue weighted by Gasteiger charge is -2.48. The van der Waals surface area contributed by atoms with E-state index in [4.69, 9.17) is 0 Å². The van der Waals surface area contributed by atoms with E-state index in [1.165, 1.54) is 56.9 Å². The second-order valence-corrected chi connectivity index (χ2v) is 10.5. The van der Waals surface area contributed by atoms with Crippen molar-refractivity contribution >= 4 is 0 Å². The second-order valence-electron chi connectivity index (χ2n) is 10.5. The SMILES string of the molecule is C=C(Cc1cc(CCC)cc2c1C1CC(C)=CCC1C(C)(C)C2)CC1CC1. The van der Waals surface area contributed by atoms with Gasteiger partial charge in [-0.3, -0.25) is 0 Å². The Bertz CT molecular complexity index is 756. The van der Waals surface area contributed by atoms with Crippen LogP contribution in [0.4, 0.5) is 0 Å². The van der Waals surface area contributed by atoms with Crippen molar-refractivity contribution in [3.8, 4) is 0 Å². The number of allylic oxidation sites excluding steroid dienone is 3. The molecule has 2 unspecified atom stereocenters. The van der Waals surface area contributed by atoms with Crippen LogP contribution in [0, 0.1) is 17.3 Å². The molecule has 4 rings (SSSR count). The van der Waals surface area contributed by atoms with Crippen LogP contribution in [0.15, 0.2) is 35.9 Å². The predicted octanol–water partition coefficient (Wildman–Crippen LogP) is 7.56. The van der Waals surface area contributed by atoms with E-state index in [2.05, 4.69) is 52.5 Å². The van der Waals surface area contributed by atoms with Gasteiger partial charge in [-0.1, -0.05) is 63.1 Å². The van der Waals surface area contributed by atoms with Crippen molar-refractivity contribution in [1.82, 2.24) is 0 Å². The van der Waals surface area contributed by atoms with Crippen molar-refractivity contribution in [3.63, 3.8) is 0 Å². The number of hydrogen-bond acceptors (Lipinski definition) is 0. The minimum absolute atomic E-state index is 0.405. The molecule has 0 heteroatoms. The summed E-state index contributed by atoms with van der Waals surface area (Å²) in [7, 11) is 0. The Kier molecular flexibility index (Phi) is 5.12. The zero-order valence-electron chi connectivity index (χ0n) is 18.0. The molecule has 0 heterocycles. The van der Waals surface area contributed by atoms with Crippen LogP contribution in [0.1, 0.15) is 94.4 Å². The zero-order chi connectivity index (χ0) is 19.2. The number of aryl methyl sites for hydroxylation is 1. The van der Waals surface area contributed by atoms with Crippen molar-refractivity contribution in [3.05, 3.63) is 58.2 Å². The van der Waals surface area contributed by atoms with Gasteiger partial charge in [0, 0.05) is 0 Å². The summed E-state index contributed by atoms with van der Waals surface area (Å²) in [5.41, 5.74) is 10.0. The van der Waals surface area contributed by atoms with Gasteiger partial charge in [0.2, 0.25) is 0 Å². The summed E-state index contributed by atoms with van der Waals surface area (Å²) >= 11 is 0. The van der Waals surface area contributed by atoms with Crippen LogP contribution in [-0.2, 0) is 19.3 Å². The Morgan fingerprint density at radius 2 is 2.00 bits per heavy atom. The third kappa shape index (κ3) is 3.96. The first-order valence-electron chi connectivity index (χ1n) is 11.3. The number of fused-ring (bicyclic) bond motifs is 3. The van der Waals surface area contributed by atoms with E-state index < -0.39 is 0 Å². The van der Waals surface area contributed by atoms with Gasteiger partial charge in [-0.15, -0.1) is 0 Å². The summed E-state index contributed by atoms with van der Waals surface area (Å²) in [6.07, 6.45) is 14.0. The summed E-state index contributed by atoms with van der Waals surface area (Å²) < 4.78 is 0. The highest BCUT2D eigenvalue weighted by Gasteiger charge is 2.43. The molecule has 0 aromatic heterocycles. The lowest BCUT2D eigenvalue weighted by molar-refractivity contribution is 0.151. The Balaban J connectivity index is 1.75. The highest BCUT2D eigenvalue weighted by Crippen LogP contribution is 2.54. The molecular formula is C27H38. The summed E-state index contributed by atoms with van der Waals surface area (Å²) in [6.45, 7) is 14.2. The Morgan fingerprint density at radius 3 is 2.70 bits per heavy atom. The molecule has 3 aliphatic rings. The van der Waals surface area contributed by atoms with Crippen LogP contribution in [0.2, 0.25) is 0 Å². The summed E-state index contributed by atoms with van der Waals surface area (Å²) in [5.74, 6) is 2.45. The van der Waals surface area contributed by atoms with Gasteiger partial charge in [0.15, 0.2) is 0 Å². The fourth-order valence-electron chi connectivity index (χ4n) is 5.98.